The Morgan fingerprint density at radius 2 is 2.05 bits per heavy atom. The predicted molar refractivity (Wildman–Crippen MR) is 77.7 cm³/mol. The Morgan fingerprint density at radius 1 is 1.30 bits per heavy atom. The fraction of sp³-hybridized carbons (Fsp3) is 0.571. The lowest BCUT2D eigenvalue weighted by Crippen LogP contribution is -2.40. The number of nitrogens with one attached hydrogen (secondary N) is 2. The van der Waals surface area contributed by atoms with E-state index in [2.05, 4.69) is 10.6 Å². The first-order chi connectivity index (χ1) is 9.65. The van der Waals surface area contributed by atoms with Crippen LogP contribution in [0.15, 0.2) is 16.8 Å². The third kappa shape index (κ3) is 4.61. The average Bonchev–Trinajstić information content (AvgIpc) is 2.95. The molecule has 0 aromatic carbocycles. The average molecular weight is 296 g/mol. The van der Waals surface area contributed by atoms with Gasteiger partial charge in [-0.2, -0.15) is 11.3 Å². The molecule has 0 aliphatic heterocycles. The Hall–Kier alpha value is -1.40. The van der Waals surface area contributed by atoms with Crippen molar-refractivity contribution in [2.45, 2.75) is 44.2 Å². The van der Waals surface area contributed by atoms with Crippen molar-refractivity contribution in [3.63, 3.8) is 0 Å². The summed E-state index contributed by atoms with van der Waals surface area (Å²) in [4.78, 5) is 23.4. The van der Waals surface area contributed by atoms with E-state index in [0.717, 1.165) is 25.7 Å². The van der Waals surface area contributed by atoms with Gasteiger partial charge in [0.2, 0.25) is 5.91 Å². The Bertz CT molecular complexity index is 439. The van der Waals surface area contributed by atoms with Gasteiger partial charge < -0.3 is 15.7 Å². The van der Waals surface area contributed by atoms with Crippen molar-refractivity contribution >= 4 is 23.2 Å². The zero-order valence-corrected chi connectivity index (χ0v) is 12.1. The topological polar surface area (TPSA) is 78.4 Å². The molecule has 0 radical (unpaired) electrons. The lowest BCUT2D eigenvalue weighted by atomic mass is 9.93. The van der Waals surface area contributed by atoms with Crippen LogP contribution >= 0.6 is 11.3 Å². The van der Waals surface area contributed by atoms with E-state index in [0.29, 0.717) is 12.1 Å². The van der Waals surface area contributed by atoms with Crippen LogP contribution in [0.25, 0.3) is 0 Å². The Kier molecular flexibility index (Phi) is 5.55. The molecular formula is C14H20N2O3S. The van der Waals surface area contributed by atoms with Gasteiger partial charge in [-0.15, -0.1) is 0 Å². The first-order valence-corrected chi connectivity index (χ1v) is 7.87. The first-order valence-electron chi connectivity index (χ1n) is 6.93. The lowest BCUT2D eigenvalue weighted by Gasteiger charge is -2.26. The molecule has 0 unspecified atom stereocenters. The van der Waals surface area contributed by atoms with E-state index < -0.39 is 0 Å². The van der Waals surface area contributed by atoms with Crippen molar-refractivity contribution < 1.29 is 14.7 Å². The molecule has 110 valence electrons. The van der Waals surface area contributed by atoms with Gasteiger partial charge in [0, 0.05) is 30.0 Å². The van der Waals surface area contributed by atoms with Gasteiger partial charge in [0.1, 0.15) is 0 Å². The number of rotatable bonds is 5. The van der Waals surface area contributed by atoms with Crippen LogP contribution in [0.4, 0.5) is 0 Å². The van der Waals surface area contributed by atoms with E-state index in [1.54, 1.807) is 11.4 Å². The molecule has 1 aliphatic carbocycles. The lowest BCUT2D eigenvalue weighted by molar-refractivity contribution is -0.122. The zero-order valence-electron chi connectivity index (χ0n) is 11.3. The highest BCUT2D eigenvalue weighted by molar-refractivity contribution is 7.08. The van der Waals surface area contributed by atoms with Crippen molar-refractivity contribution in [2.24, 2.45) is 0 Å². The number of aliphatic hydroxyl groups excluding tert-OH is 1. The molecule has 1 aromatic rings. The monoisotopic (exact) mass is 296 g/mol. The molecule has 2 rings (SSSR count). The summed E-state index contributed by atoms with van der Waals surface area (Å²) in [6.45, 7) is 0.343. The number of carbonyl (C=O) groups excluding carboxylic acids is 2. The van der Waals surface area contributed by atoms with E-state index >= 15 is 0 Å². The Balaban J connectivity index is 1.62. The maximum atomic E-state index is 11.7. The van der Waals surface area contributed by atoms with Crippen molar-refractivity contribution in [1.29, 1.82) is 0 Å². The quantitative estimate of drug-likeness (QED) is 0.766. The zero-order chi connectivity index (χ0) is 14.4. The summed E-state index contributed by atoms with van der Waals surface area (Å²) in [6.07, 6.45) is 3.23. The molecule has 5 nitrogen and oxygen atoms in total. The molecule has 0 saturated heterocycles. The summed E-state index contributed by atoms with van der Waals surface area (Å²) in [7, 11) is 0. The standard InChI is InChI=1S/C14H20N2O3S/c17-12-3-1-11(2-4-12)16-13(18)5-7-15-14(19)10-6-8-20-9-10/h6,8-9,11-12,17H,1-5,7H2,(H,15,19)(H,16,18). The maximum absolute atomic E-state index is 11.7. The second-order valence-electron chi connectivity index (χ2n) is 5.09. The molecule has 1 aromatic heterocycles. The minimum absolute atomic E-state index is 0.0444. The fourth-order valence-corrected chi connectivity index (χ4v) is 2.94. The van der Waals surface area contributed by atoms with Crippen LogP contribution in [-0.2, 0) is 4.79 Å². The number of aliphatic hydroxyl groups is 1. The second-order valence-corrected chi connectivity index (χ2v) is 5.87. The van der Waals surface area contributed by atoms with Crippen LogP contribution in [0.1, 0.15) is 42.5 Å². The van der Waals surface area contributed by atoms with E-state index in [1.165, 1.54) is 11.3 Å². The highest BCUT2D eigenvalue weighted by Crippen LogP contribution is 2.18. The van der Waals surface area contributed by atoms with Crippen molar-refractivity contribution in [3.8, 4) is 0 Å². The molecule has 3 N–H and O–H groups in total. The van der Waals surface area contributed by atoms with Crippen molar-refractivity contribution in [1.82, 2.24) is 10.6 Å². The van der Waals surface area contributed by atoms with Gasteiger partial charge in [-0.25, -0.2) is 0 Å². The largest absolute Gasteiger partial charge is 0.393 e. The number of carbonyl (C=O) groups is 2. The number of amides is 2. The molecule has 1 fully saturated rings. The summed E-state index contributed by atoms with van der Waals surface area (Å²) in [5, 5.41) is 18.7. The molecule has 1 saturated carbocycles. The minimum Gasteiger partial charge on any atom is -0.393 e. The third-order valence-electron chi connectivity index (χ3n) is 3.48. The molecule has 1 heterocycles. The summed E-state index contributed by atoms with van der Waals surface area (Å²) in [5.41, 5.74) is 0.636. The number of hydrogen-bond acceptors (Lipinski definition) is 4. The molecule has 0 spiro atoms. The molecule has 0 bridgehead atoms. The Morgan fingerprint density at radius 3 is 2.70 bits per heavy atom. The van der Waals surface area contributed by atoms with Gasteiger partial charge in [0.15, 0.2) is 0 Å². The van der Waals surface area contributed by atoms with E-state index in [-0.39, 0.29) is 30.4 Å². The second kappa shape index (κ2) is 7.40. The highest BCUT2D eigenvalue weighted by Gasteiger charge is 2.20. The molecule has 2 amide bonds. The van der Waals surface area contributed by atoms with Crippen molar-refractivity contribution in [2.75, 3.05) is 6.54 Å². The van der Waals surface area contributed by atoms with Crippen LogP contribution in [0.3, 0.4) is 0 Å². The van der Waals surface area contributed by atoms with Crippen LogP contribution < -0.4 is 10.6 Å². The van der Waals surface area contributed by atoms with Gasteiger partial charge in [0.05, 0.1) is 6.10 Å². The summed E-state index contributed by atoms with van der Waals surface area (Å²) in [5.74, 6) is -0.183. The van der Waals surface area contributed by atoms with Crippen LogP contribution in [0.2, 0.25) is 0 Å². The minimum atomic E-state index is -0.215. The summed E-state index contributed by atoms with van der Waals surface area (Å²) < 4.78 is 0. The van der Waals surface area contributed by atoms with Gasteiger partial charge in [-0.05, 0) is 37.1 Å². The summed E-state index contributed by atoms with van der Waals surface area (Å²) in [6, 6.07) is 1.92. The fourth-order valence-electron chi connectivity index (χ4n) is 2.31. The van der Waals surface area contributed by atoms with Gasteiger partial charge in [-0.3, -0.25) is 9.59 Å². The molecule has 1 aliphatic rings. The van der Waals surface area contributed by atoms with E-state index in [1.807, 2.05) is 5.38 Å². The third-order valence-corrected chi connectivity index (χ3v) is 4.17. The van der Waals surface area contributed by atoms with Crippen molar-refractivity contribution in [3.05, 3.63) is 22.4 Å². The Labute approximate surface area is 122 Å². The van der Waals surface area contributed by atoms with Gasteiger partial charge in [-0.1, -0.05) is 0 Å². The summed E-state index contributed by atoms with van der Waals surface area (Å²) >= 11 is 1.47. The highest BCUT2D eigenvalue weighted by atomic mass is 32.1. The SMILES string of the molecule is O=C(CCNC(=O)c1ccsc1)NC1CCC(O)CC1. The van der Waals surface area contributed by atoms with Gasteiger partial charge >= 0.3 is 0 Å². The van der Waals surface area contributed by atoms with E-state index in [9.17, 15) is 14.7 Å². The van der Waals surface area contributed by atoms with E-state index in [4.69, 9.17) is 0 Å². The number of thiophene rings is 1. The normalized spacial score (nSPS) is 22.2. The van der Waals surface area contributed by atoms with Gasteiger partial charge in [0.25, 0.3) is 5.91 Å². The molecular weight excluding hydrogens is 276 g/mol. The molecule has 0 atom stereocenters. The van der Waals surface area contributed by atoms with Crippen LogP contribution in [0, 0.1) is 0 Å². The number of hydrogen-bond donors (Lipinski definition) is 3. The molecule has 6 heteroatoms. The predicted octanol–water partition coefficient (Wildman–Crippen LogP) is 1.29. The smallest absolute Gasteiger partial charge is 0.252 e. The van der Waals surface area contributed by atoms with Crippen LogP contribution in [-0.4, -0.2) is 35.6 Å². The first kappa shape index (κ1) is 15.0. The molecule has 20 heavy (non-hydrogen) atoms. The van der Waals surface area contributed by atoms with Crippen LogP contribution in [0.5, 0.6) is 0 Å². The maximum Gasteiger partial charge on any atom is 0.252 e.